The van der Waals surface area contributed by atoms with Crippen LogP contribution >= 0.6 is 0 Å². The summed E-state index contributed by atoms with van der Waals surface area (Å²) in [5.74, 6) is -0.0924. The van der Waals surface area contributed by atoms with E-state index in [2.05, 4.69) is 0 Å². The minimum atomic E-state index is -3.02. The molecule has 1 saturated carbocycles. The van der Waals surface area contributed by atoms with Crippen molar-refractivity contribution in [3.05, 3.63) is 0 Å². The molecule has 100 valence electrons. The highest BCUT2D eigenvalue weighted by molar-refractivity contribution is 7.91. The molecule has 5 heteroatoms. The number of hydrogen-bond acceptors (Lipinski definition) is 4. The highest BCUT2D eigenvalue weighted by Gasteiger charge is 2.33. The van der Waals surface area contributed by atoms with Crippen LogP contribution in [0.4, 0.5) is 0 Å². The van der Waals surface area contributed by atoms with Crippen LogP contribution in [-0.4, -0.2) is 31.7 Å². The molecular formula is C12H23NO3S. The molecular weight excluding hydrogens is 238 g/mol. The first kappa shape index (κ1) is 14.6. The molecule has 0 aromatic carbocycles. The summed E-state index contributed by atoms with van der Waals surface area (Å²) in [6.07, 6.45) is 5.60. The molecule has 17 heavy (non-hydrogen) atoms. The summed E-state index contributed by atoms with van der Waals surface area (Å²) in [5, 5.41) is -0.348. The van der Waals surface area contributed by atoms with Crippen LogP contribution in [0.3, 0.4) is 0 Å². The van der Waals surface area contributed by atoms with Gasteiger partial charge in [-0.1, -0.05) is 19.8 Å². The van der Waals surface area contributed by atoms with E-state index in [0.717, 1.165) is 19.3 Å². The van der Waals surface area contributed by atoms with Gasteiger partial charge in [-0.25, -0.2) is 8.42 Å². The molecule has 1 fully saturated rings. The fraction of sp³-hybridized carbons (Fsp3) is 0.917. The van der Waals surface area contributed by atoms with E-state index in [1.54, 1.807) is 0 Å². The Bertz CT molecular complexity index is 364. The predicted molar refractivity (Wildman–Crippen MR) is 68.5 cm³/mol. The summed E-state index contributed by atoms with van der Waals surface area (Å²) in [6, 6.07) is -0.414. The lowest BCUT2D eigenvalue weighted by Gasteiger charge is -2.28. The summed E-state index contributed by atoms with van der Waals surface area (Å²) in [5.41, 5.74) is 5.81. The van der Waals surface area contributed by atoms with Crippen LogP contribution in [0.25, 0.3) is 0 Å². The first-order chi connectivity index (χ1) is 7.86. The van der Waals surface area contributed by atoms with Gasteiger partial charge in [-0.3, -0.25) is 4.79 Å². The van der Waals surface area contributed by atoms with Crippen LogP contribution in [0, 0.1) is 5.92 Å². The monoisotopic (exact) mass is 261 g/mol. The summed E-state index contributed by atoms with van der Waals surface area (Å²) in [6.45, 7) is 1.99. The third-order valence-electron chi connectivity index (χ3n) is 3.60. The van der Waals surface area contributed by atoms with Crippen molar-refractivity contribution in [2.45, 2.75) is 56.7 Å². The van der Waals surface area contributed by atoms with Gasteiger partial charge in [-0.15, -0.1) is 0 Å². The first-order valence-corrected chi connectivity index (χ1v) is 8.30. The highest BCUT2D eigenvalue weighted by atomic mass is 32.2. The molecule has 0 radical (unpaired) electrons. The predicted octanol–water partition coefficient (Wildman–Crippen LogP) is 1.29. The lowest BCUT2D eigenvalue weighted by molar-refractivity contribution is -0.125. The maximum Gasteiger partial charge on any atom is 0.152 e. The van der Waals surface area contributed by atoms with Crippen LogP contribution in [0.5, 0.6) is 0 Å². The lowest BCUT2D eigenvalue weighted by Crippen LogP contribution is -2.39. The van der Waals surface area contributed by atoms with Crippen molar-refractivity contribution in [1.29, 1.82) is 0 Å². The average molecular weight is 261 g/mol. The van der Waals surface area contributed by atoms with Gasteiger partial charge in [0.05, 0.1) is 11.3 Å². The molecule has 0 bridgehead atoms. The van der Waals surface area contributed by atoms with Crippen LogP contribution in [-0.2, 0) is 14.6 Å². The number of rotatable bonds is 5. The third-order valence-corrected chi connectivity index (χ3v) is 5.24. The Morgan fingerprint density at radius 3 is 2.59 bits per heavy atom. The van der Waals surface area contributed by atoms with E-state index in [1.165, 1.54) is 6.26 Å². The van der Waals surface area contributed by atoms with Gasteiger partial charge in [-0.05, 0) is 25.7 Å². The van der Waals surface area contributed by atoms with Crippen LogP contribution in [0.15, 0.2) is 0 Å². The van der Waals surface area contributed by atoms with E-state index in [0.29, 0.717) is 19.3 Å². The van der Waals surface area contributed by atoms with Crippen molar-refractivity contribution >= 4 is 15.6 Å². The molecule has 0 saturated heterocycles. The molecule has 0 aromatic rings. The minimum Gasteiger partial charge on any atom is -0.321 e. The van der Waals surface area contributed by atoms with Gasteiger partial charge >= 0.3 is 0 Å². The van der Waals surface area contributed by atoms with Gasteiger partial charge in [0.1, 0.15) is 9.84 Å². The molecule has 3 unspecified atom stereocenters. The second-order valence-electron chi connectivity index (χ2n) is 5.11. The Morgan fingerprint density at radius 1 is 1.41 bits per heavy atom. The second kappa shape index (κ2) is 5.96. The maximum absolute atomic E-state index is 12.0. The molecule has 0 spiro atoms. The zero-order chi connectivity index (χ0) is 13.1. The van der Waals surface area contributed by atoms with Crippen molar-refractivity contribution < 1.29 is 13.2 Å². The largest absolute Gasteiger partial charge is 0.321 e. The fourth-order valence-electron chi connectivity index (χ4n) is 2.55. The normalized spacial score (nSPS) is 27.7. The van der Waals surface area contributed by atoms with E-state index in [-0.39, 0.29) is 17.0 Å². The van der Waals surface area contributed by atoms with E-state index < -0.39 is 15.9 Å². The van der Waals surface area contributed by atoms with Crippen molar-refractivity contribution in [2.75, 3.05) is 6.26 Å². The lowest BCUT2D eigenvalue weighted by atomic mass is 9.83. The summed E-state index contributed by atoms with van der Waals surface area (Å²) < 4.78 is 23.0. The topological polar surface area (TPSA) is 77.2 Å². The van der Waals surface area contributed by atoms with Crippen molar-refractivity contribution in [3.8, 4) is 0 Å². The molecule has 4 nitrogen and oxygen atoms in total. The molecule has 1 aliphatic rings. The number of nitrogens with two attached hydrogens (primary N) is 1. The van der Waals surface area contributed by atoms with Gasteiger partial charge in [-0.2, -0.15) is 0 Å². The first-order valence-electron chi connectivity index (χ1n) is 6.34. The van der Waals surface area contributed by atoms with E-state index in [4.69, 9.17) is 5.73 Å². The van der Waals surface area contributed by atoms with Gasteiger partial charge in [0, 0.05) is 12.2 Å². The number of carbonyl (C=O) groups excluding carboxylic acids is 1. The van der Waals surface area contributed by atoms with Crippen molar-refractivity contribution in [2.24, 2.45) is 11.7 Å². The number of sulfone groups is 1. The summed E-state index contributed by atoms with van der Waals surface area (Å²) in [7, 11) is -3.02. The summed E-state index contributed by atoms with van der Waals surface area (Å²) in [4.78, 5) is 12.0. The van der Waals surface area contributed by atoms with Crippen molar-refractivity contribution in [3.63, 3.8) is 0 Å². The highest BCUT2D eigenvalue weighted by Crippen LogP contribution is 2.29. The van der Waals surface area contributed by atoms with Gasteiger partial charge < -0.3 is 5.73 Å². The molecule has 0 heterocycles. The smallest absolute Gasteiger partial charge is 0.152 e. The minimum absolute atomic E-state index is 0.0557. The molecule has 0 amide bonds. The van der Waals surface area contributed by atoms with Crippen LogP contribution in [0.1, 0.15) is 45.4 Å². The quantitative estimate of drug-likeness (QED) is 0.809. The fourth-order valence-corrected chi connectivity index (χ4v) is 3.72. The van der Waals surface area contributed by atoms with Gasteiger partial charge in [0.15, 0.2) is 5.78 Å². The van der Waals surface area contributed by atoms with Crippen molar-refractivity contribution in [1.82, 2.24) is 0 Å². The van der Waals surface area contributed by atoms with E-state index in [9.17, 15) is 13.2 Å². The molecule has 1 rings (SSSR count). The van der Waals surface area contributed by atoms with E-state index >= 15 is 0 Å². The molecule has 3 atom stereocenters. The average Bonchev–Trinajstić information content (AvgIpc) is 2.27. The molecule has 0 aromatic heterocycles. The number of carbonyl (C=O) groups is 1. The zero-order valence-electron chi connectivity index (χ0n) is 10.7. The zero-order valence-corrected chi connectivity index (χ0v) is 11.5. The van der Waals surface area contributed by atoms with Crippen LogP contribution in [0.2, 0.25) is 0 Å². The molecule has 2 N–H and O–H groups in total. The Hall–Kier alpha value is -0.420. The van der Waals surface area contributed by atoms with Crippen LogP contribution < -0.4 is 5.73 Å². The van der Waals surface area contributed by atoms with Gasteiger partial charge in [0.25, 0.3) is 0 Å². The Morgan fingerprint density at radius 2 is 2.06 bits per heavy atom. The van der Waals surface area contributed by atoms with Gasteiger partial charge in [0.2, 0.25) is 0 Å². The standard InChI is InChI=1S/C12H23NO3S/c1-3-5-11(13)12(14)9-6-4-7-10(8-9)17(2,15)16/h9-11H,3-8,13H2,1-2H3. The Kier molecular flexibility index (Phi) is 5.13. The Labute approximate surface area is 104 Å². The number of Topliss-reactive ketones (excluding diaryl/α,β-unsaturated/α-hetero) is 1. The van der Waals surface area contributed by atoms with E-state index in [1.807, 2.05) is 6.92 Å². The Balaban J connectivity index is 2.64. The number of hydrogen-bond donors (Lipinski definition) is 1. The molecule has 1 aliphatic carbocycles. The maximum atomic E-state index is 12.0. The third kappa shape index (κ3) is 4.07. The number of ketones is 1. The SMILES string of the molecule is CCCC(N)C(=O)C1CCCC(S(C)(=O)=O)C1. The summed E-state index contributed by atoms with van der Waals surface area (Å²) >= 11 is 0. The molecule has 0 aliphatic heterocycles. The second-order valence-corrected chi connectivity index (χ2v) is 7.44.